The summed E-state index contributed by atoms with van der Waals surface area (Å²) in [6.07, 6.45) is 0. The smallest absolute Gasteiger partial charge is 0.325 e. The molecule has 4 N–H and O–H groups in total. The molecule has 0 aliphatic carbocycles. The molecule has 1 aromatic rings. The third kappa shape index (κ3) is 2.98. The fourth-order valence-electron chi connectivity index (χ4n) is 1.27. The lowest BCUT2D eigenvalue weighted by atomic mass is 10.1. The first-order valence-corrected chi connectivity index (χ1v) is 4.80. The van der Waals surface area contributed by atoms with Crippen LogP contribution in [0, 0.1) is 12.3 Å². The van der Waals surface area contributed by atoms with Crippen LogP contribution in [0.25, 0.3) is 0 Å². The Bertz CT molecular complexity index is 416. The second-order valence-electron chi connectivity index (χ2n) is 3.37. The van der Waals surface area contributed by atoms with Gasteiger partial charge in [0.2, 0.25) is 0 Å². The van der Waals surface area contributed by atoms with Gasteiger partial charge in [0.1, 0.15) is 12.4 Å². The van der Waals surface area contributed by atoms with E-state index in [9.17, 15) is 4.79 Å². The predicted octanol–water partition coefficient (Wildman–Crippen LogP) is 0.864. The third-order valence-electron chi connectivity index (χ3n) is 2.19. The van der Waals surface area contributed by atoms with Gasteiger partial charge in [-0.25, -0.2) is 0 Å². The number of nitrogen functional groups attached to an aromatic ring is 1. The van der Waals surface area contributed by atoms with Gasteiger partial charge in [-0.2, -0.15) is 0 Å². The molecule has 0 saturated carbocycles. The first kappa shape index (κ1) is 12.0. The number of nitrogens with two attached hydrogens (primary N) is 1. The highest BCUT2D eigenvalue weighted by Gasteiger charge is 2.04. The van der Waals surface area contributed by atoms with E-state index in [0.29, 0.717) is 5.56 Å². The number of aryl methyl sites for hydroxylation is 1. The van der Waals surface area contributed by atoms with Crippen molar-refractivity contribution in [2.24, 2.45) is 5.73 Å². The maximum Gasteiger partial charge on any atom is 0.325 e. The Labute approximate surface area is 94.1 Å². The molecule has 0 bridgehead atoms. The number of benzene rings is 1. The van der Waals surface area contributed by atoms with E-state index in [0.717, 1.165) is 11.3 Å². The number of carbonyl (C=O) groups excluding carboxylic acids is 1. The van der Waals surface area contributed by atoms with Crippen molar-refractivity contribution in [3.63, 3.8) is 0 Å². The van der Waals surface area contributed by atoms with Crippen LogP contribution in [0.15, 0.2) is 18.2 Å². The molecule has 1 aromatic carbocycles. The molecule has 0 saturated heterocycles. The van der Waals surface area contributed by atoms with Gasteiger partial charge in [0, 0.05) is 11.3 Å². The van der Waals surface area contributed by atoms with Gasteiger partial charge in [-0.05, 0) is 30.7 Å². The molecule has 0 fully saturated rings. The Kier molecular flexibility index (Phi) is 3.88. The molecular formula is C11H15N3O2. The number of rotatable bonds is 4. The van der Waals surface area contributed by atoms with Crippen molar-refractivity contribution >= 4 is 17.5 Å². The molecule has 1 rings (SSSR count). The second kappa shape index (κ2) is 5.16. The summed E-state index contributed by atoms with van der Waals surface area (Å²) in [4.78, 5) is 10.9. The monoisotopic (exact) mass is 221 g/mol. The summed E-state index contributed by atoms with van der Waals surface area (Å²) in [6.45, 7) is 2.00. The summed E-state index contributed by atoms with van der Waals surface area (Å²) >= 11 is 0. The van der Waals surface area contributed by atoms with Gasteiger partial charge in [-0.3, -0.25) is 10.2 Å². The van der Waals surface area contributed by atoms with Crippen molar-refractivity contribution in [3.8, 4) is 0 Å². The van der Waals surface area contributed by atoms with Crippen molar-refractivity contribution < 1.29 is 9.53 Å². The largest absolute Gasteiger partial charge is 0.468 e. The normalized spacial score (nSPS) is 9.62. The van der Waals surface area contributed by atoms with Crippen LogP contribution in [0.1, 0.15) is 11.1 Å². The van der Waals surface area contributed by atoms with Gasteiger partial charge < -0.3 is 15.8 Å². The summed E-state index contributed by atoms with van der Waals surface area (Å²) in [6, 6.07) is 5.31. The minimum absolute atomic E-state index is 0.0302. The van der Waals surface area contributed by atoms with Gasteiger partial charge >= 0.3 is 5.97 Å². The quantitative estimate of drug-likeness (QED) is 0.400. The van der Waals surface area contributed by atoms with Crippen molar-refractivity contribution in [1.82, 2.24) is 0 Å². The van der Waals surface area contributed by atoms with Crippen LogP contribution < -0.4 is 11.1 Å². The van der Waals surface area contributed by atoms with E-state index in [4.69, 9.17) is 11.1 Å². The predicted molar refractivity (Wildman–Crippen MR) is 62.7 cm³/mol. The maximum atomic E-state index is 10.9. The molecule has 0 aliphatic rings. The Morgan fingerprint density at radius 1 is 1.56 bits per heavy atom. The molecule has 5 nitrogen and oxygen atoms in total. The van der Waals surface area contributed by atoms with Crippen LogP contribution in [-0.2, 0) is 9.53 Å². The van der Waals surface area contributed by atoms with Crippen LogP contribution in [-0.4, -0.2) is 25.5 Å². The highest BCUT2D eigenvalue weighted by molar-refractivity contribution is 5.95. The fraction of sp³-hybridized carbons (Fsp3) is 0.273. The molecule has 5 heteroatoms. The minimum atomic E-state index is -0.324. The van der Waals surface area contributed by atoms with Crippen LogP contribution in [0.5, 0.6) is 0 Å². The number of hydrogen-bond donors (Lipinski definition) is 3. The van der Waals surface area contributed by atoms with E-state index in [2.05, 4.69) is 10.1 Å². The van der Waals surface area contributed by atoms with Gasteiger partial charge in [-0.1, -0.05) is 0 Å². The molecular weight excluding hydrogens is 206 g/mol. The molecule has 0 amide bonds. The van der Waals surface area contributed by atoms with Crippen molar-refractivity contribution in [1.29, 1.82) is 5.41 Å². The molecule has 0 unspecified atom stereocenters. The minimum Gasteiger partial charge on any atom is -0.468 e. The third-order valence-corrected chi connectivity index (χ3v) is 2.19. The zero-order chi connectivity index (χ0) is 12.1. The summed E-state index contributed by atoms with van der Waals surface area (Å²) in [5.74, 6) is -0.294. The molecule has 86 valence electrons. The molecule has 0 spiro atoms. The average Bonchev–Trinajstić information content (AvgIpc) is 2.26. The molecule has 16 heavy (non-hydrogen) atoms. The number of amidine groups is 1. The van der Waals surface area contributed by atoms with Crippen molar-refractivity contribution in [2.75, 3.05) is 19.0 Å². The molecule has 0 aromatic heterocycles. The van der Waals surface area contributed by atoms with Crippen molar-refractivity contribution in [2.45, 2.75) is 6.92 Å². The lowest BCUT2D eigenvalue weighted by Crippen LogP contribution is -2.16. The Hall–Kier alpha value is -2.04. The van der Waals surface area contributed by atoms with Crippen molar-refractivity contribution in [3.05, 3.63) is 29.3 Å². The van der Waals surface area contributed by atoms with E-state index in [1.807, 2.05) is 6.92 Å². The number of methoxy groups -OCH3 is 1. The topological polar surface area (TPSA) is 88.2 Å². The van der Waals surface area contributed by atoms with E-state index in [1.165, 1.54) is 7.11 Å². The summed E-state index contributed by atoms with van der Waals surface area (Å²) in [5.41, 5.74) is 7.79. The van der Waals surface area contributed by atoms with Crippen LogP contribution in [0.2, 0.25) is 0 Å². The Balaban J connectivity index is 2.75. The van der Waals surface area contributed by atoms with Gasteiger partial charge in [-0.15, -0.1) is 0 Å². The van der Waals surface area contributed by atoms with Crippen LogP contribution in [0.4, 0.5) is 5.69 Å². The maximum absolute atomic E-state index is 10.9. The first-order valence-electron chi connectivity index (χ1n) is 4.80. The van der Waals surface area contributed by atoms with E-state index < -0.39 is 0 Å². The zero-order valence-corrected chi connectivity index (χ0v) is 9.33. The summed E-state index contributed by atoms with van der Waals surface area (Å²) in [5, 5.41) is 10.2. The SMILES string of the molecule is COC(=O)CNc1ccc(C(=N)N)cc1C. The second-order valence-corrected chi connectivity index (χ2v) is 3.37. The average molecular weight is 221 g/mol. The lowest BCUT2D eigenvalue weighted by Gasteiger charge is -2.09. The summed E-state index contributed by atoms with van der Waals surface area (Å²) in [7, 11) is 1.34. The van der Waals surface area contributed by atoms with E-state index >= 15 is 0 Å². The van der Waals surface area contributed by atoms with Gasteiger partial charge in [0.15, 0.2) is 0 Å². The van der Waals surface area contributed by atoms with E-state index in [-0.39, 0.29) is 18.3 Å². The number of anilines is 1. The molecule has 0 radical (unpaired) electrons. The lowest BCUT2D eigenvalue weighted by molar-refractivity contribution is -0.138. The van der Waals surface area contributed by atoms with E-state index in [1.54, 1.807) is 18.2 Å². The number of hydrogen-bond acceptors (Lipinski definition) is 4. The molecule has 0 atom stereocenters. The Morgan fingerprint density at radius 3 is 2.75 bits per heavy atom. The zero-order valence-electron chi connectivity index (χ0n) is 9.33. The number of esters is 1. The summed E-state index contributed by atoms with van der Waals surface area (Å²) < 4.78 is 4.52. The molecule has 0 aliphatic heterocycles. The standard InChI is InChI=1S/C11H15N3O2/c1-7-5-8(11(12)13)3-4-9(7)14-6-10(15)16-2/h3-5,14H,6H2,1-2H3,(H3,12,13). The van der Waals surface area contributed by atoms with Gasteiger partial charge in [0.25, 0.3) is 0 Å². The Morgan fingerprint density at radius 2 is 2.25 bits per heavy atom. The number of carbonyl (C=O) groups is 1. The highest BCUT2D eigenvalue weighted by Crippen LogP contribution is 2.15. The first-order chi connectivity index (χ1) is 7.54. The van der Waals surface area contributed by atoms with Crippen LogP contribution in [0.3, 0.4) is 0 Å². The van der Waals surface area contributed by atoms with Crippen LogP contribution >= 0.6 is 0 Å². The number of ether oxygens (including phenoxy) is 1. The van der Waals surface area contributed by atoms with Gasteiger partial charge in [0.05, 0.1) is 7.11 Å². The molecule has 0 heterocycles. The highest BCUT2D eigenvalue weighted by atomic mass is 16.5. The number of nitrogens with one attached hydrogen (secondary N) is 2. The fourth-order valence-corrected chi connectivity index (χ4v) is 1.27.